The average Bonchev–Trinajstić information content (AvgIpc) is 1.94. The van der Waals surface area contributed by atoms with Crippen molar-refractivity contribution in [2.75, 3.05) is 0 Å². The van der Waals surface area contributed by atoms with Crippen molar-refractivity contribution in [2.45, 2.75) is 13.8 Å². The van der Waals surface area contributed by atoms with Crippen LogP contribution in [-0.4, -0.2) is 10.3 Å². The molecule has 0 saturated heterocycles. The Morgan fingerprint density at radius 2 is 1.33 bits per heavy atom. The van der Waals surface area contributed by atoms with Crippen molar-refractivity contribution in [2.24, 2.45) is 0 Å². The van der Waals surface area contributed by atoms with Gasteiger partial charge in [-0.2, -0.15) is 0 Å². The summed E-state index contributed by atoms with van der Waals surface area (Å²) in [4.78, 5) is 8.36. The van der Waals surface area contributed by atoms with Crippen LogP contribution in [0.5, 0.6) is 0 Å². The number of nitrogens with zero attached hydrogens (tertiary/aromatic N) is 1. The van der Waals surface area contributed by atoms with Gasteiger partial charge in [0.2, 0.25) is 0 Å². The van der Waals surface area contributed by atoms with Crippen molar-refractivity contribution in [1.82, 2.24) is 0 Å². The molecule has 0 atom stereocenters. The second-order valence-electron chi connectivity index (χ2n) is 2.39. The summed E-state index contributed by atoms with van der Waals surface area (Å²) in [7, 11) is 0. The fraction of sp³-hybridized carbons (Fsp3) is 0.250. The van der Waals surface area contributed by atoms with E-state index in [1.165, 1.54) is 11.1 Å². The lowest BCUT2D eigenvalue weighted by Crippen LogP contribution is -1.81. The highest BCUT2D eigenvalue weighted by Gasteiger charge is 1.79. The van der Waals surface area contributed by atoms with Crippen molar-refractivity contribution in [1.29, 1.82) is 0 Å². The molecule has 0 spiro atoms. The van der Waals surface area contributed by atoms with Gasteiger partial charge in [0.05, 0.1) is 0 Å². The van der Waals surface area contributed by atoms with Gasteiger partial charge in [0.1, 0.15) is 0 Å². The van der Waals surface area contributed by atoms with Gasteiger partial charge in [0.25, 0.3) is 5.09 Å². The van der Waals surface area contributed by atoms with Crippen LogP contribution in [0.2, 0.25) is 0 Å². The first kappa shape index (κ1) is 10.4. The molecular formula is C8H11NO3. The van der Waals surface area contributed by atoms with E-state index in [2.05, 4.69) is 38.1 Å². The monoisotopic (exact) mass is 169 g/mol. The summed E-state index contributed by atoms with van der Waals surface area (Å²) in [5.74, 6) is 0. The zero-order valence-electron chi connectivity index (χ0n) is 7.02. The van der Waals surface area contributed by atoms with E-state index in [1.807, 2.05) is 0 Å². The molecule has 66 valence electrons. The summed E-state index contributed by atoms with van der Waals surface area (Å²) in [5, 5.41) is 13.6. The average molecular weight is 169 g/mol. The molecule has 12 heavy (non-hydrogen) atoms. The van der Waals surface area contributed by atoms with E-state index in [0.717, 1.165) is 0 Å². The second kappa shape index (κ2) is 5.12. The summed E-state index contributed by atoms with van der Waals surface area (Å²) in [6.07, 6.45) is 0. The summed E-state index contributed by atoms with van der Waals surface area (Å²) < 4.78 is 0. The molecule has 0 unspecified atom stereocenters. The molecule has 0 saturated carbocycles. The van der Waals surface area contributed by atoms with Gasteiger partial charge in [0.15, 0.2) is 0 Å². The zero-order valence-corrected chi connectivity index (χ0v) is 7.02. The van der Waals surface area contributed by atoms with Crippen molar-refractivity contribution in [3.05, 3.63) is 45.5 Å². The van der Waals surface area contributed by atoms with Crippen molar-refractivity contribution >= 4 is 0 Å². The fourth-order valence-corrected chi connectivity index (χ4v) is 0.637. The summed E-state index contributed by atoms with van der Waals surface area (Å²) in [5.41, 5.74) is 2.66. The highest BCUT2D eigenvalue weighted by Crippen LogP contribution is 1.99. The molecule has 1 aromatic rings. The molecule has 1 rings (SSSR count). The van der Waals surface area contributed by atoms with Crippen LogP contribution >= 0.6 is 0 Å². The Hall–Kier alpha value is -1.58. The maximum atomic E-state index is 8.36. The van der Waals surface area contributed by atoms with Crippen LogP contribution in [0.1, 0.15) is 11.1 Å². The third-order valence-electron chi connectivity index (χ3n) is 1.22. The lowest BCUT2D eigenvalue weighted by atomic mass is 10.2. The normalized spacial score (nSPS) is 8.17. The zero-order chi connectivity index (χ0) is 9.56. The molecule has 0 radical (unpaired) electrons. The van der Waals surface area contributed by atoms with E-state index in [4.69, 9.17) is 15.3 Å². The van der Waals surface area contributed by atoms with Gasteiger partial charge in [-0.25, -0.2) is 0 Å². The summed E-state index contributed by atoms with van der Waals surface area (Å²) in [6, 6.07) is 8.48. The maximum Gasteiger partial charge on any atom is 0.291 e. The van der Waals surface area contributed by atoms with Crippen LogP contribution in [0.3, 0.4) is 0 Å². The third-order valence-corrected chi connectivity index (χ3v) is 1.22. The molecule has 1 N–H and O–H groups in total. The maximum absolute atomic E-state index is 8.36. The molecule has 0 heterocycles. The van der Waals surface area contributed by atoms with E-state index in [-0.39, 0.29) is 0 Å². The molecule has 4 heteroatoms. The minimum atomic E-state index is -1.50. The van der Waals surface area contributed by atoms with Gasteiger partial charge in [-0.15, -0.1) is 10.1 Å². The van der Waals surface area contributed by atoms with E-state index < -0.39 is 5.09 Å². The van der Waals surface area contributed by atoms with E-state index in [1.54, 1.807) is 0 Å². The van der Waals surface area contributed by atoms with Crippen molar-refractivity contribution < 1.29 is 10.3 Å². The number of hydrogen-bond donors (Lipinski definition) is 1. The lowest BCUT2D eigenvalue weighted by Gasteiger charge is -1.90. The van der Waals surface area contributed by atoms with Crippen LogP contribution in [0, 0.1) is 24.0 Å². The quantitative estimate of drug-likeness (QED) is 0.477. The Morgan fingerprint density at radius 3 is 1.50 bits per heavy atom. The Bertz CT molecular complexity index is 218. The Kier molecular flexibility index (Phi) is 4.45. The Balaban J connectivity index is 0.000000261. The standard InChI is InChI=1S/C8H10.HNO3/c1-7-3-5-8(2)6-4-7;2-1(3)4/h3-6H,1-2H3;(H,2,3,4). The van der Waals surface area contributed by atoms with Crippen LogP contribution in [0.4, 0.5) is 0 Å². The first-order chi connectivity index (χ1) is 5.52. The molecule has 0 aliphatic heterocycles. The molecule has 0 amide bonds. The predicted octanol–water partition coefficient (Wildman–Crippen LogP) is 1.96. The van der Waals surface area contributed by atoms with Crippen LogP contribution in [-0.2, 0) is 0 Å². The topological polar surface area (TPSA) is 63.4 Å². The Morgan fingerprint density at radius 1 is 1.17 bits per heavy atom. The highest BCUT2D eigenvalue weighted by atomic mass is 16.9. The smallest absolute Gasteiger partial charge is 0.291 e. The number of aryl methyl sites for hydroxylation is 2. The molecule has 4 nitrogen and oxygen atoms in total. The van der Waals surface area contributed by atoms with Crippen LogP contribution < -0.4 is 0 Å². The summed E-state index contributed by atoms with van der Waals surface area (Å²) in [6.45, 7) is 4.19. The molecule has 0 bridgehead atoms. The van der Waals surface area contributed by atoms with Crippen molar-refractivity contribution in [3.8, 4) is 0 Å². The third kappa shape index (κ3) is 6.54. The Labute approximate surface area is 70.6 Å². The van der Waals surface area contributed by atoms with E-state index in [9.17, 15) is 0 Å². The fourth-order valence-electron chi connectivity index (χ4n) is 0.637. The minimum absolute atomic E-state index is 1.33. The molecule has 1 aromatic carbocycles. The second-order valence-corrected chi connectivity index (χ2v) is 2.39. The molecule has 0 aromatic heterocycles. The summed E-state index contributed by atoms with van der Waals surface area (Å²) >= 11 is 0. The minimum Gasteiger partial charge on any atom is -0.328 e. The van der Waals surface area contributed by atoms with Gasteiger partial charge in [-0.1, -0.05) is 35.4 Å². The molecule has 0 fully saturated rings. The van der Waals surface area contributed by atoms with Gasteiger partial charge in [-0.05, 0) is 13.8 Å². The first-order valence-corrected chi connectivity index (χ1v) is 3.39. The molecule has 0 aliphatic carbocycles. The van der Waals surface area contributed by atoms with Crippen molar-refractivity contribution in [3.63, 3.8) is 0 Å². The first-order valence-electron chi connectivity index (χ1n) is 3.39. The van der Waals surface area contributed by atoms with Crippen LogP contribution in [0.15, 0.2) is 24.3 Å². The van der Waals surface area contributed by atoms with E-state index >= 15 is 0 Å². The number of hydrogen-bond acceptors (Lipinski definition) is 2. The SMILES string of the molecule is Cc1ccc(C)cc1.O=[N+]([O-])O. The largest absolute Gasteiger partial charge is 0.328 e. The predicted molar refractivity (Wildman–Crippen MR) is 44.7 cm³/mol. The molecule has 0 aliphatic rings. The van der Waals surface area contributed by atoms with Gasteiger partial charge >= 0.3 is 0 Å². The van der Waals surface area contributed by atoms with Crippen LogP contribution in [0.25, 0.3) is 0 Å². The lowest BCUT2D eigenvalue weighted by molar-refractivity contribution is -0.742. The van der Waals surface area contributed by atoms with Gasteiger partial charge in [0, 0.05) is 0 Å². The van der Waals surface area contributed by atoms with Gasteiger partial charge < -0.3 is 5.21 Å². The highest BCUT2D eigenvalue weighted by molar-refractivity contribution is 5.19. The van der Waals surface area contributed by atoms with Gasteiger partial charge in [-0.3, -0.25) is 0 Å². The number of rotatable bonds is 0. The van der Waals surface area contributed by atoms with E-state index in [0.29, 0.717) is 0 Å². The number of benzene rings is 1. The molecular weight excluding hydrogens is 158 g/mol.